The molecule has 52 valence electrons. The molecule has 0 spiro atoms. The molecule has 0 fully saturated rings. The second-order valence-corrected chi connectivity index (χ2v) is 2.35. The van der Waals surface area contributed by atoms with Gasteiger partial charge in [-0.05, 0) is 18.2 Å². The van der Waals surface area contributed by atoms with E-state index in [1.807, 2.05) is 0 Å². The minimum absolute atomic E-state index is 0.0753. The molecule has 0 aliphatic rings. The summed E-state index contributed by atoms with van der Waals surface area (Å²) in [6, 6.07) is 0. The van der Waals surface area contributed by atoms with Crippen LogP contribution in [0.4, 0.5) is 0 Å². The third kappa shape index (κ3) is 4.03. The second kappa shape index (κ2) is 3.51. The fourth-order valence-corrected chi connectivity index (χ4v) is 0.303. The highest BCUT2D eigenvalue weighted by atomic mass is 35.5. The molecule has 0 aliphatic carbocycles. The molecule has 0 aliphatic heterocycles. The molecule has 0 N–H and O–H groups in total. The zero-order valence-corrected chi connectivity index (χ0v) is 6.23. The first-order valence-corrected chi connectivity index (χ1v) is 2.98. The van der Waals surface area contributed by atoms with Crippen LogP contribution in [0.15, 0.2) is 11.8 Å². The van der Waals surface area contributed by atoms with E-state index in [4.69, 9.17) is 11.6 Å². The summed E-state index contributed by atoms with van der Waals surface area (Å²) in [5, 5.41) is -0.0753. The molecule has 3 heteroatoms. The van der Waals surface area contributed by atoms with E-state index >= 15 is 0 Å². The van der Waals surface area contributed by atoms with Gasteiger partial charge in [-0.3, -0.25) is 4.79 Å². The van der Waals surface area contributed by atoms with Crippen molar-refractivity contribution in [3.63, 3.8) is 0 Å². The highest BCUT2D eigenvalue weighted by Gasteiger charge is 2.07. The van der Waals surface area contributed by atoms with Crippen LogP contribution in [0.1, 0.15) is 13.8 Å². The number of carbonyl (C=O) groups is 1. The number of hydrogen-bond acceptors (Lipinski definition) is 2. The third-order valence-corrected chi connectivity index (χ3v) is 0.760. The van der Waals surface area contributed by atoms with E-state index in [0.29, 0.717) is 0 Å². The Morgan fingerprint density at radius 3 is 2.22 bits per heavy atom. The van der Waals surface area contributed by atoms with Crippen molar-refractivity contribution >= 4 is 17.6 Å². The van der Waals surface area contributed by atoms with Crippen molar-refractivity contribution in [2.75, 3.05) is 0 Å². The molecule has 0 bridgehead atoms. The molecule has 0 saturated carbocycles. The predicted octanol–water partition coefficient (Wildman–Crippen LogP) is 1.90. The summed E-state index contributed by atoms with van der Waals surface area (Å²) in [6.45, 7) is 6.65. The van der Waals surface area contributed by atoms with E-state index in [9.17, 15) is 4.79 Å². The van der Waals surface area contributed by atoms with Crippen molar-refractivity contribution in [3.8, 4) is 0 Å². The molecule has 0 rings (SSSR count). The molecule has 9 heavy (non-hydrogen) atoms. The summed E-state index contributed by atoms with van der Waals surface area (Å²) in [5.74, 6) is -0.504. The van der Waals surface area contributed by atoms with Crippen LogP contribution in [0.5, 0.6) is 0 Å². The second-order valence-electron chi connectivity index (χ2n) is 1.93. The maximum Gasteiger partial charge on any atom is 0.314 e. The normalized spacial score (nSPS) is 9.33. The molecule has 0 heterocycles. The van der Waals surface area contributed by atoms with E-state index in [2.05, 4.69) is 11.3 Å². The van der Waals surface area contributed by atoms with Crippen LogP contribution >= 0.6 is 11.6 Å². The molecule has 0 radical (unpaired) electrons. The Morgan fingerprint density at radius 1 is 1.67 bits per heavy atom. The van der Waals surface area contributed by atoms with Crippen LogP contribution in [0.3, 0.4) is 0 Å². The average Bonchev–Trinajstić information content (AvgIpc) is 1.63. The van der Waals surface area contributed by atoms with Gasteiger partial charge >= 0.3 is 5.97 Å². The Labute approximate surface area is 59.5 Å². The van der Waals surface area contributed by atoms with E-state index < -0.39 is 0 Å². The summed E-state index contributed by atoms with van der Waals surface area (Å²) < 4.78 is 4.44. The number of halogens is 1. The maximum atomic E-state index is 10.6. The lowest BCUT2D eigenvalue weighted by Gasteiger charge is -2.02. The first-order chi connectivity index (χ1) is 4.04. The molecule has 0 atom stereocenters. The minimum atomic E-state index is -0.352. The summed E-state index contributed by atoms with van der Waals surface area (Å²) in [6.07, 6.45) is 0. The number of rotatable bonds is 2. The summed E-state index contributed by atoms with van der Waals surface area (Å²) in [4.78, 5) is 10.6. The largest absolute Gasteiger partial charge is 0.414 e. The maximum absolute atomic E-state index is 10.6. The highest BCUT2D eigenvalue weighted by Crippen LogP contribution is 2.04. The number of carbonyl (C=O) groups excluding carboxylic acids is 1. The van der Waals surface area contributed by atoms with Gasteiger partial charge in [0.25, 0.3) is 0 Å². The fourth-order valence-electron chi connectivity index (χ4n) is 0.227. The molecule has 0 aromatic rings. The van der Waals surface area contributed by atoms with Crippen LogP contribution < -0.4 is 0 Å². The molecular weight excluding hydrogens is 140 g/mol. The zero-order chi connectivity index (χ0) is 7.44. The Balaban J connectivity index is 3.64. The summed E-state index contributed by atoms with van der Waals surface area (Å²) in [7, 11) is 0. The molecule has 0 amide bonds. The summed E-state index contributed by atoms with van der Waals surface area (Å²) in [5.41, 5.74) is 0. The lowest BCUT2D eigenvalue weighted by atomic mass is 10.2. The lowest BCUT2D eigenvalue weighted by molar-refractivity contribution is -0.142. The number of esters is 1. The van der Waals surface area contributed by atoms with Crippen LogP contribution in [0.25, 0.3) is 0 Å². The zero-order valence-electron chi connectivity index (χ0n) is 5.48. The van der Waals surface area contributed by atoms with Gasteiger partial charge in [0.05, 0.1) is 5.92 Å². The van der Waals surface area contributed by atoms with Crippen molar-refractivity contribution in [3.05, 3.63) is 11.8 Å². The predicted molar refractivity (Wildman–Crippen MR) is 35.9 cm³/mol. The van der Waals surface area contributed by atoms with Gasteiger partial charge in [0.1, 0.15) is 0 Å². The fraction of sp³-hybridized carbons (Fsp3) is 0.500. The number of hydrogen-bond donors (Lipinski definition) is 0. The first-order valence-electron chi connectivity index (χ1n) is 2.60. The standard InChI is InChI=1S/C6H9ClO2/c1-4(2)6(8)9-5(3)7/h4H,3H2,1-2H3. The van der Waals surface area contributed by atoms with E-state index in [1.165, 1.54) is 0 Å². The first kappa shape index (κ1) is 8.50. The van der Waals surface area contributed by atoms with E-state index in [-0.39, 0.29) is 17.1 Å². The van der Waals surface area contributed by atoms with E-state index in [1.54, 1.807) is 13.8 Å². The lowest BCUT2D eigenvalue weighted by Crippen LogP contribution is -2.08. The Kier molecular flexibility index (Phi) is 3.32. The summed E-state index contributed by atoms with van der Waals surface area (Å²) >= 11 is 5.18. The molecule has 2 nitrogen and oxygen atoms in total. The van der Waals surface area contributed by atoms with Crippen molar-refractivity contribution in [2.45, 2.75) is 13.8 Å². The SMILES string of the molecule is C=C(Cl)OC(=O)C(C)C. The van der Waals surface area contributed by atoms with E-state index in [0.717, 1.165) is 0 Å². The third-order valence-electron chi connectivity index (χ3n) is 0.683. The Bertz CT molecular complexity index is 129. The molecule has 0 unspecified atom stereocenters. The Morgan fingerprint density at radius 2 is 2.11 bits per heavy atom. The average molecular weight is 149 g/mol. The highest BCUT2D eigenvalue weighted by molar-refractivity contribution is 6.28. The molecular formula is C6H9ClO2. The van der Waals surface area contributed by atoms with Crippen LogP contribution in [-0.2, 0) is 9.53 Å². The van der Waals surface area contributed by atoms with Gasteiger partial charge in [-0.25, -0.2) is 0 Å². The topological polar surface area (TPSA) is 26.3 Å². The molecule has 0 saturated heterocycles. The van der Waals surface area contributed by atoms with Crippen LogP contribution in [0.2, 0.25) is 0 Å². The van der Waals surface area contributed by atoms with Crippen molar-refractivity contribution < 1.29 is 9.53 Å². The quantitative estimate of drug-likeness (QED) is 0.442. The van der Waals surface area contributed by atoms with Crippen molar-refractivity contribution in [1.82, 2.24) is 0 Å². The number of ether oxygens (including phenoxy) is 1. The Hall–Kier alpha value is -0.500. The van der Waals surface area contributed by atoms with Gasteiger partial charge in [0.2, 0.25) is 0 Å². The van der Waals surface area contributed by atoms with Gasteiger partial charge in [-0.15, -0.1) is 0 Å². The molecule has 0 aromatic heterocycles. The van der Waals surface area contributed by atoms with Crippen LogP contribution in [0, 0.1) is 5.92 Å². The van der Waals surface area contributed by atoms with Gasteiger partial charge < -0.3 is 4.74 Å². The minimum Gasteiger partial charge on any atom is -0.414 e. The smallest absolute Gasteiger partial charge is 0.314 e. The van der Waals surface area contributed by atoms with Gasteiger partial charge in [-0.2, -0.15) is 0 Å². The van der Waals surface area contributed by atoms with Gasteiger partial charge in [0.15, 0.2) is 5.22 Å². The van der Waals surface area contributed by atoms with Crippen molar-refractivity contribution in [1.29, 1.82) is 0 Å². The van der Waals surface area contributed by atoms with Gasteiger partial charge in [0, 0.05) is 0 Å². The van der Waals surface area contributed by atoms with Gasteiger partial charge in [-0.1, -0.05) is 13.8 Å². The van der Waals surface area contributed by atoms with Crippen molar-refractivity contribution in [2.24, 2.45) is 5.92 Å². The van der Waals surface area contributed by atoms with Crippen LogP contribution in [-0.4, -0.2) is 5.97 Å². The molecule has 0 aromatic carbocycles. The monoisotopic (exact) mass is 148 g/mol.